The number of hydrogen-bond donors (Lipinski definition) is 0. The largest absolute Gasteiger partial charge is 0.466 e. The van der Waals surface area contributed by atoms with E-state index in [-0.39, 0.29) is 18.0 Å². The van der Waals surface area contributed by atoms with Crippen molar-refractivity contribution >= 4 is 11.9 Å². The maximum absolute atomic E-state index is 11.6. The lowest BCUT2D eigenvalue weighted by Gasteiger charge is -2.12. The van der Waals surface area contributed by atoms with Gasteiger partial charge in [0, 0.05) is 12.8 Å². The summed E-state index contributed by atoms with van der Waals surface area (Å²) < 4.78 is 10.5. The Hall–Kier alpha value is -1.06. The second-order valence-electron chi connectivity index (χ2n) is 6.28. The molecule has 4 heteroatoms. The van der Waals surface area contributed by atoms with Crippen molar-refractivity contribution in [1.29, 1.82) is 0 Å². The van der Waals surface area contributed by atoms with Crippen LogP contribution in [-0.4, -0.2) is 24.6 Å². The van der Waals surface area contributed by atoms with Gasteiger partial charge < -0.3 is 9.47 Å². The SMILES string of the molecule is CCCCCCCOC(=O)CCCCC(=O)OC(C)CCCC. The lowest BCUT2D eigenvalue weighted by Crippen LogP contribution is -2.14. The highest BCUT2D eigenvalue weighted by Gasteiger charge is 2.09. The molecule has 0 heterocycles. The monoisotopic (exact) mass is 328 g/mol. The van der Waals surface area contributed by atoms with Gasteiger partial charge in [0.05, 0.1) is 12.7 Å². The second kappa shape index (κ2) is 15.8. The molecule has 1 unspecified atom stereocenters. The first kappa shape index (κ1) is 21.9. The van der Waals surface area contributed by atoms with Crippen molar-refractivity contribution in [3.8, 4) is 0 Å². The van der Waals surface area contributed by atoms with Crippen LogP contribution in [0.4, 0.5) is 0 Å². The van der Waals surface area contributed by atoms with Crippen molar-refractivity contribution in [2.75, 3.05) is 6.61 Å². The van der Waals surface area contributed by atoms with Gasteiger partial charge in [0.2, 0.25) is 0 Å². The third-order valence-corrected chi connectivity index (χ3v) is 3.82. The van der Waals surface area contributed by atoms with Crippen LogP contribution in [0.25, 0.3) is 0 Å². The normalized spacial score (nSPS) is 12.0. The molecule has 136 valence electrons. The van der Waals surface area contributed by atoms with Crippen LogP contribution >= 0.6 is 0 Å². The van der Waals surface area contributed by atoms with Crippen molar-refractivity contribution in [1.82, 2.24) is 0 Å². The van der Waals surface area contributed by atoms with Gasteiger partial charge in [-0.1, -0.05) is 52.4 Å². The minimum atomic E-state index is -0.155. The highest BCUT2D eigenvalue weighted by molar-refractivity contribution is 5.70. The van der Waals surface area contributed by atoms with Gasteiger partial charge in [-0.05, 0) is 32.6 Å². The summed E-state index contributed by atoms with van der Waals surface area (Å²) in [6.07, 6.45) is 11.0. The lowest BCUT2D eigenvalue weighted by molar-refractivity contribution is -0.149. The molecule has 0 N–H and O–H groups in total. The van der Waals surface area contributed by atoms with Crippen LogP contribution in [0.15, 0.2) is 0 Å². The van der Waals surface area contributed by atoms with Crippen LogP contribution in [-0.2, 0) is 19.1 Å². The zero-order valence-corrected chi connectivity index (χ0v) is 15.4. The molecule has 0 aliphatic rings. The Morgan fingerprint density at radius 3 is 2.04 bits per heavy atom. The number of hydrogen-bond acceptors (Lipinski definition) is 4. The van der Waals surface area contributed by atoms with Crippen molar-refractivity contribution < 1.29 is 19.1 Å². The van der Waals surface area contributed by atoms with Gasteiger partial charge in [0.25, 0.3) is 0 Å². The second-order valence-corrected chi connectivity index (χ2v) is 6.28. The molecule has 0 bridgehead atoms. The van der Waals surface area contributed by atoms with E-state index in [1.807, 2.05) is 6.92 Å². The van der Waals surface area contributed by atoms with Crippen LogP contribution in [0.2, 0.25) is 0 Å². The molecule has 0 saturated heterocycles. The molecule has 1 atom stereocenters. The standard InChI is InChI=1S/C19H36O4/c1-4-6-8-9-12-16-22-18(20)14-10-11-15-19(21)23-17(3)13-7-5-2/h17H,4-16H2,1-3H3. The van der Waals surface area contributed by atoms with Gasteiger partial charge in [-0.25, -0.2) is 0 Å². The highest BCUT2D eigenvalue weighted by atomic mass is 16.5. The van der Waals surface area contributed by atoms with Crippen LogP contribution in [0.1, 0.15) is 97.8 Å². The van der Waals surface area contributed by atoms with Gasteiger partial charge in [0.15, 0.2) is 0 Å². The number of esters is 2. The average Bonchev–Trinajstić information content (AvgIpc) is 2.53. The molecule has 0 aliphatic carbocycles. The molecule has 0 aliphatic heterocycles. The summed E-state index contributed by atoms with van der Waals surface area (Å²) in [5, 5.41) is 0. The molecule has 0 spiro atoms. The van der Waals surface area contributed by atoms with E-state index in [9.17, 15) is 9.59 Å². The van der Waals surface area contributed by atoms with Crippen LogP contribution < -0.4 is 0 Å². The van der Waals surface area contributed by atoms with E-state index in [4.69, 9.17) is 9.47 Å². The van der Waals surface area contributed by atoms with E-state index >= 15 is 0 Å². The summed E-state index contributed by atoms with van der Waals surface area (Å²) in [5.74, 6) is -0.303. The Balaban J connectivity index is 3.45. The van der Waals surface area contributed by atoms with Crippen molar-refractivity contribution in [3.63, 3.8) is 0 Å². The molecule has 0 aromatic rings. The van der Waals surface area contributed by atoms with Crippen molar-refractivity contribution in [3.05, 3.63) is 0 Å². The zero-order valence-electron chi connectivity index (χ0n) is 15.4. The lowest BCUT2D eigenvalue weighted by atomic mass is 10.1. The molecule has 0 amide bonds. The predicted octanol–water partition coefficient (Wildman–Crippen LogP) is 5.18. The van der Waals surface area contributed by atoms with Crippen molar-refractivity contribution in [2.24, 2.45) is 0 Å². The first-order valence-corrected chi connectivity index (χ1v) is 9.45. The Bertz CT molecular complexity index is 302. The van der Waals surface area contributed by atoms with Gasteiger partial charge in [-0.3, -0.25) is 9.59 Å². The van der Waals surface area contributed by atoms with E-state index in [1.165, 1.54) is 19.3 Å². The number of rotatable bonds is 15. The number of carbonyl (C=O) groups excluding carboxylic acids is 2. The molecule has 0 rings (SSSR count). The molecule has 23 heavy (non-hydrogen) atoms. The first-order chi connectivity index (χ1) is 11.1. The average molecular weight is 328 g/mol. The molecular weight excluding hydrogens is 292 g/mol. The van der Waals surface area contributed by atoms with E-state index in [1.54, 1.807) is 0 Å². The topological polar surface area (TPSA) is 52.6 Å². The molecule has 4 nitrogen and oxygen atoms in total. The Morgan fingerprint density at radius 1 is 0.783 bits per heavy atom. The number of unbranched alkanes of at least 4 members (excludes halogenated alkanes) is 6. The molecule has 0 aromatic heterocycles. The Kier molecular flexibility index (Phi) is 15.1. The number of ether oxygens (including phenoxy) is 2. The Morgan fingerprint density at radius 2 is 1.39 bits per heavy atom. The van der Waals surface area contributed by atoms with Gasteiger partial charge in [-0.15, -0.1) is 0 Å². The highest BCUT2D eigenvalue weighted by Crippen LogP contribution is 2.08. The molecule has 0 radical (unpaired) electrons. The summed E-state index contributed by atoms with van der Waals surface area (Å²) >= 11 is 0. The van der Waals surface area contributed by atoms with Crippen LogP contribution in [0, 0.1) is 0 Å². The predicted molar refractivity (Wildman–Crippen MR) is 93.3 cm³/mol. The van der Waals surface area contributed by atoms with E-state index < -0.39 is 0 Å². The van der Waals surface area contributed by atoms with Gasteiger partial charge >= 0.3 is 11.9 Å². The molecule has 0 saturated carbocycles. The fourth-order valence-corrected chi connectivity index (χ4v) is 2.34. The maximum atomic E-state index is 11.6. The minimum absolute atomic E-state index is 0.000114. The third-order valence-electron chi connectivity index (χ3n) is 3.82. The summed E-state index contributed by atoms with van der Waals surface area (Å²) in [7, 11) is 0. The summed E-state index contributed by atoms with van der Waals surface area (Å²) in [6.45, 7) is 6.77. The first-order valence-electron chi connectivity index (χ1n) is 9.45. The van der Waals surface area contributed by atoms with E-state index in [0.29, 0.717) is 32.3 Å². The van der Waals surface area contributed by atoms with Crippen molar-refractivity contribution in [2.45, 2.75) is 104 Å². The Labute approximate surface area is 142 Å². The zero-order chi connectivity index (χ0) is 17.3. The van der Waals surface area contributed by atoms with E-state index in [0.717, 1.165) is 32.1 Å². The van der Waals surface area contributed by atoms with Gasteiger partial charge in [0.1, 0.15) is 0 Å². The summed E-state index contributed by atoms with van der Waals surface area (Å²) in [5.41, 5.74) is 0. The van der Waals surface area contributed by atoms with Gasteiger partial charge in [-0.2, -0.15) is 0 Å². The smallest absolute Gasteiger partial charge is 0.306 e. The van der Waals surface area contributed by atoms with Crippen LogP contribution in [0.5, 0.6) is 0 Å². The summed E-state index contributed by atoms with van der Waals surface area (Å²) in [4.78, 5) is 23.2. The third kappa shape index (κ3) is 15.6. The van der Waals surface area contributed by atoms with E-state index in [2.05, 4.69) is 13.8 Å². The molecule has 0 fully saturated rings. The maximum Gasteiger partial charge on any atom is 0.306 e. The minimum Gasteiger partial charge on any atom is -0.466 e. The fourth-order valence-electron chi connectivity index (χ4n) is 2.34. The number of carbonyl (C=O) groups is 2. The molecular formula is C19H36O4. The summed E-state index contributed by atoms with van der Waals surface area (Å²) in [6, 6.07) is 0. The fraction of sp³-hybridized carbons (Fsp3) is 0.895. The quantitative estimate of drug-likeness (QED) is 0.307. The van der Waals surface area contributed by atoms with Crippen LogP contribution in [0.3, 0.4) is 0 Å². The molecule has 0 aromatic carbocycles.